The molecule has 82 valence electrons. The first kappa shape index (κ1) is 12.3. The van der Waals surface area contributed by atoms with Crippen LogP contribution < -0.4 is 0 Å². The molecule has 4 heteroatoms. The Labute approximate surface area is 96.2 Å². The zero-order valence-corrected chi connectivity index (χ0v) is 9.92. The zero-order valence-electron chi connectivity index (χ0n) is 8.34. The Morgan fingerprint density at radius 1 is 1.60 bits per heavy atom. The fraction of sp³-hybridized carbons (Fsp3) is 0.364. The molecule has 15 heavy (non-hydrogen) atoms. The molecule has 0 aliphatic rings. The van der Waals surface area contributed by atoms with Gasteiger partial charge in [0.15, 0.2) is 0 Å². The van der Waals surface area contributed by atoms with Crippen LogP contribution in [0, 0.1) is 5.82 Å². The van der Waals surface area contributed by atoms with E-state index in [1.54, 1.807) is 12.1 Å². The number of hydrogen-bond acceptors (Lipinski definition) is 2. The van der Waals surface area contributed by atoms with Gasteiger partial charge < -0.3 is 9.90 Å². The van der Waals surface area contributed by atoms with Gasteiger partial charge in [-0.15, -0.1) is 0 Å². The van der Waals surface area contributed by atoms with E-state index in [1.165, 1.54) is 13.0 Å². The van der Waals surface area contributed by atoms with Crippen LogP contribution in [0.15, 0.2) is 22.7 Å². The van der Waals surface area contributed by atoms with Crippen LogP contribution in [0.1, 0.15) is 18.9 Å². The SMILES string of the molecule is CC(O)(CC=O)Cc1cc(Br)ccc1F. The van der Waals surface area contributed by atoms with E-state index in [-0.39, 0.29) is 18.7 Å². The number of aldehydes is 1. The van der Waals surface area contributed by atoms with E-state index < -0.39 is 5.60 Å². The maximum atomic E-state index is 13.3. The molecular formula is C11H12BrFO2. The third-order valence-electron chi connectivity index (χ3n) is 2.10. The molecule has 0 heterocycles. The topological polar surface area (TPSA) is 37.3 Å². The maximum Gasteiger partial charge on any atom is 0.126 e. The number of aliphatic hydroxyl groups is 1. The van der Waals surface area contributed by atoms with Crippen molar-refractivity contribution in [2.45, 2.75) is 25.4 Å². The Hall–Kier alpha value is -0.740. The molecule has 0 bridgehead atoms. The summed E-state index contributed by atoms with van der Waals surface area (Å²) in [5.41, 5.74) is -0.792. The summed E-state index contributed by atoms with van der Waals surface area (Å²) >= 11 is 3.22. The Balaban J connectivity index is 2.88. The molecule has 0 aromatic heterocycles. The van der Waals surface area contributed by atoms with Gasteiger partial charge in [-0.1, -0.05) is 15.9 Å². The Bertz CT molecular complexity index is 364. The molecule has 1 aromatic rings. The molecular weight excluding hydrogens is 263 g/mol. The van der Waals surface area contributed by atoms with Crippen molar-refractivity contribution in [2.75, 3.05) is 0 Å². The van der Waals surface area contributed by atoms with Crippen molar-refractivity contribution in [3.8, 4) is 0 Å². The van der Waals surface area contributed by atoms with E-state index in [0.717, 1.165) is 4.47 Å². The van der Waals surface area contributed by atoms with Crippen molar-refractivity contribution in [2.24, 2.45) is 0 Å². The number of carbonyl (C=O) groups excluding carboxylic acids is 1. The highest BCUT2D eigenvalue weighted by Crippen LogP contribution is 2.21. The Morgan fingerprint density at radius 3 is 2.87 bits per heavy atom. The van der Waals surface area contributed by atoms with Crippen LogP contribution in [0.5, 0.6) is 0 Å². The molecule has 0 amide bonds. The third-order valence-corrected chi connectivity index (χ3v) is 2.60. The highest BCUT2D eigenvalue weighted by molar-refractivity contribution is 9.10. The molecule has 1 atom stereocenters. The second kappa shape index (κ2) is 4.86. The molecule has 0 radical (unpaired) electrons. The van der Waals surface area contributed by atoms with E-state index in [2.05, 4.69) is 15.9 Å². The molecule has 0 saturated carbocycles. The van der Waals surface area contributed by atoms with Crippen molar-refractivity contribution in [1.82, 2.24) is 0 Å². The van der Waals surface area contributed by atoms with Gasteiger partial charge in [0.05, 0.1) is 5.60 Å². The maximum absolute atomic E-state index is 13.3. The van der Waals surface area contributed by atoms with Crippen molar-refractivity contribution < 1.29 is 14.3 Å². The average molecular weight is 275 g/mol. The van der Waals surface area contributed by atoms with Crippen LogP contribution in [0.25, 0.3) is 0 Å². The fourth-order valence-corrected chi connectivity index (χ4v) is 1.75. The van der Waals surface area contributed by atoms with E-state index in [0.29, 0.717) is 11.8 Å². The summed E-state index contributed by atoms with van der Waals surface area (Å²) in [7, 11) is 0. The van der Waals surface area contributed by atoms with Crippen LogP contribution in [0.4, 0.5) is 4.39 Å². The summed E-state index contributed by atoms with van der Waals surface area (Å²) in [5, 5.41) is 9.77. The lowest BCUT2D eigenvalue weighted by Gasteiger charge is -2.20. The molecule has 1 rings (SSSR count). The minimum Gasteiger partial charge on any atom is -0.389 e. The molecule has 0 aliphatic carbocycles. The van der Waals surface area contributed by atoms with Crippen molar-refractivity contribution in [3.63, 3.8) is 0 Å². The van der Waals surface area contributed by atoms with E-state index >= 15 is 0 Å². The van der Waals surface area contributed by atoms with Crippen LogP contribution in [0.3, 0.4) is 0 Å². The highest BCUT2D eigenvalue weighted by atomic mass is 79.9. The predicted octanol–water partition coefficient (Wildman–Crippen LogP) is 2.47. The third kappa shape index (κ3) is 3.72. The molecule has 0 aliphatic heterocycles. The Morgan fingerprint density at radius 2 is 2.27 bits per heavy atom. The molecule has 1 unspecified atom stereocenters. The smallest absolute Gasteiger partial charge is 0.126 e. The molecule has 0 fully saturated rings. The Kier molecular flexibility index (Phi) is 3.99. The number of halogens is 2. The first-order valence-corrected chi connectivity index (χ1v) is 5.34. The van der Waals surface area contributed by atoms with Gasteiger partial charge in [0.1, 0.15) is 12.1 Å². The minimum atomic E-state index is -1.19. The standard InChI is InChI=1S/C11H12BrFO2/c1-11(15,4-5-14)7-8-6-9(12)2-3-10(8)13/h2-3,5-6,15H,4,7H2,1H3. The lowest BCUT2D eigenvalue weighted by Crippen LogP contribution is -2.28. The summed E-state index contributed by atoms with van der Waals surface area (Å²) in [6.07, 6.45) is 0.756. The van der Waals surface area contributed by atoms with Crippen molar-refractivity contribution in [3.05, 3.63) is 34.1 Å². The van der Waals surface area contributed by atoms with E-state index in [4.69, 9.17) is 0 Å². The molecule has 1 N–H and O–H groups in total. The van der Waals surface area contributed by atoms with Gasteiger partial charge >= 0.3 is 0 Å². The van der Waals surface area contributed by atoms with Crippen LogP contribution in [-0.2, 0) is 11.2 Å². The summed E-state index contributed by atoms with van der Waals surface area (Å²) < 4.78 is 14.1. The van der Waals surface area contributed by atoms with Crippen LogP contribution in [-0.4, -0.2) is 17.0 Å². The normalized spacial score (nSPS) is 14.7. The van der Waals surface area contributed by atoms with Gasteiger partial charge in [-0.25, -0.2) is 4.39 Å². The van der Waals surface area contributed by atoms with Gasteiger partial charge in [-0.3, -0.25) is 0 Å². The summed E-state index contributed by atoms with van der Waals surface area (Å²) in [6, 6.07) is 4.53. The molecule has 2 nitrogen and oxygen atoms in total. The van der Waals surface area contributed by atoms with Crippen molar-refractivity contribution >= 4 is 22.2 Å². The minimum absolute atomic E-state index is 0.00104. The first-order chi connectivity index (χ1) is 6.94. The van der Waals surface area contributed by atoms with E-state index in [9.17, 15) is 14.3 Å². The largest absolute Gasteiger partial charge is 0.389 e. The second-order valence-electron chi connectivity index (χ2n) is 3.78. The lowest BCUT2D eigenvalue weighted by atomic mass is 9.94. The first-order valence-electron chi connectivity index (χ1n) is 4.54. The van der Waals surface area contributed by atoms with Crippen molar-refractivity contribution in [1.29, 1.82) is 0 Å². The van der Waals surface area contributed by atoms with Crippen LogP contribution >= 0.6 is 15.9 Å². The quantitative estimate of drug-likeness (QED) is 0.857. The average Bonchev–Trinajstić information content (AvgIpc) is 2.10. The van der Waals surface area contributed by atoms with Gasteiger partial charge in [-0.05, 0) is 30.7 Å². The summed E-state index contributed by atoms with van der Waals surface area (Å²) in [6.45, 7) is 1.52. The van der Waals surface area contributed by atoms with Gasteiger partial charge in [0.2, 0.25) is 0 Å². The zero-order chi connectivity index (χ0) is 11.5. The summed E-state index contributed by atoms with van der Waals surface area (Å²) in [4.78, 5) is 10.3. The van der Waals surface area contributed by atoms with E-state index in [1.807, 2.05) is 0 Å². The van der Waals surface area contributed by atoms with Gasteiger partial charge in [0, 0.05) is 17.3 Å². The predicted molar refractivity (Wildman–Crippen MR) is 59.1 cm³/mol. The van der Waals surface area contributed by atoms with Gasteiger partial charge in [0.25, 0.3) is 0 Å². The second-order valence-corrected chi connectivity index (χ2v) is 4.70. The number of hydrogen-bond donors (Lipinski definition) is 1. The monoisotopic (exact) mass is 274 g/mol. The lowest BCUT2D eigenvalue weighted by molar-refractivity contribution is -0.111. The molecule has 0 saturated heterocycles. The number of benzene rings is 1. The number of rotatable bonds is 4. The van der Waals surface area contributed by atoms with Gasteiger partial charge in [-0.2, -0.15) is 0 Å². The van der Waals surface area contributed by atoms with Crippen LogP contribution in [0.2, 0.25) is 0 Å². The highest BCUT2D eigenvalue weighted by Gasteiger charge is 2.22. The fourth-order valence-electron chi connectivity index (χ4n) is 1.34. The number of carbonyl (C=O) groups is 1. The molecule has 1 aromatic carbocycles. The molecule has 0 spiro atoms. The summed E-state index contributed by atoms with van der Waals surface area (Å²) in [5.74, 6) is -0.371.